The summed E-state index contributed by atoms with van der Waals surface area (Å²) in [5.41, 5.74) is -0.753. The zero-order valence-electron chi connectivity index (χ0n) is 33.3. The highest BCUT2D eigenvalue weighted by atomic mass is 16.6. The Morgan fingerprint density at radius 3 is 1.70 bits per heavy atom. The Morgan fingerprint density at radius 1 is 0.642 bits per heavy atom. The standard InChI is InChI=1S/C39H58N2O12/c1-38(2,3)52-36(43)27-24-31(47-9)34(49-11)32(25-27)50-21-12-14-28(51-35(42)26-22-29(45-7)33(48-10)30(23-26)46-8)15-18-40-16-13-17-41(20-19-40)37(44)53-39(4,5)6/h22-25,28H,12-21H2,1-11H3. The highest BCUT2D eigenvalue weighted by Crippen LogP contribution is 2.40. The average molecular weight is 747 g/mol. The fourth-order valence-electron chi connectivity index (χ4n) is 5.70. The minimum absolute atomic E-state index is 0.226. The lowest BCUT2D eigenvalue weighted by Crippen LogP contribution is -2.39. The Morgan fingerprint density at radius 2 is 1.17 bits per heavy atom. The third-order valence-corrected chi connectivity index (χ3v) is 8.19. The molecule has 1 aliphatic rings. The van der Waals surface area contributed by atoms with Crippen LogP contribution in [0.5, 0.6) is 34.5 Å². The molecule has 0 radical (unpaired) electrons. The van der Waals surface area contributed by atoms with Crippen molar-refractivity contribution in [1.29, 1.82) is 0 Å². The molecule has 1 amide bonds. The SMILES string of the molecule is COc1cc(C(=O)OC(CCCOc2cc(C(=O)OC(C)(C)C)cc(OC)c2OC)CCN2CCCN(C(=O)OC(C)(C)C)CC2)cc(OC)c1OC. The predicted molar refractivity (Wildman–Crippen MR) is 198 cm³/mol. The van der Waals surface area contributed by atoms with E-state index in [1.165, 1.54) is 35.5 Å². The first-order chi connectivity index (χ1) is 25.0. The molecule has 0 N–H and O–H groups in total. The highest BCUT2D eigenvalue weighted by Gasteiger charge is 2.27. The van der Waals surface area contributed by atoms with Crippen molar-refractivity contribution in [3.63, 3.8) is 0 Å². The zero-order valence-corrected chi connectivity index (χ0v) is 33.3. The van der Waals surface area contributed by atoms with E-state index in [2.05, 4.69) is 4.90 Å². The van der Waals surface area contributed by atoms with Crippen LogP contribution in [0.4, 0.5) is 4.79 Å². The molecule has 0 spiro atoms. The van der Waals surface area contributed by atoms with E-state index < -0.39 is 29.2 Å². The number of hydrogen-bond acceptors (Lipinski definition) is 13. The summed E-state index contributed by atoms with van der Waals surface area (Å²) < 4.78 is 50.7. The van der Waals surface area contributed by atoms with E-state index in [1.807, 2.05) is 20.8 Å². The van der Waals surface area contributed by atoms with Gasteiger partial charge in [-0.15, -0.1) is 0 Å². The molecule has 0 saturated carbocycles. The first-order valence-electron chi connectivity index (χ1n) is 17.9. The molecule has 3 rings (SSSR count). The van der Waals surface area contributed by atoms with E-state index in [-0.39, 0.29) is 23.8 Å². The number of hydrogen-bond donors (Lipinski definition) is 0. The van der Waals surface area contributed by atoms with Gasteiger partial charge in [0.05, 0.1) is 53.3 Å². The van der Waals surface area contributed by atoms with Gasteiger partial charge < -0.3 is 52.4 Å². The van der Waals surface area contributed by atoms with Gasteiger partial charge in [0.2, 0.25) is 11.5 Å². The van der Waals surface area contributed by atoms with E-state index in [0.717, 1.165) is 13.0 Å². The van der Waals surface area contributed by atoms with Gasteiger partial charge in [-0.25, -0.2) is 14.4 Å². The Balaban J connectivity index is 1.76. The van der Waals surface area contributed by atoms with Gasteiger partial charge in [0, 0.05) is 26.2 Å². The van der Waals surface area contributed by atoms with Crippen LogP contribution in [0.1, 0.15) is 87.9 Å². The van der Waals surface area contributed by atoms with Crippen LogP contribution in [0.25, 0.3) is 0 Å². The quantitative estimate of drug-likeness (QED) is 0.106. The van der Waals surface area contributed by atoms with Gasteiger partial charge in [0.25, 0.3) is 0 Å². The molecule has 0 bridgehead atoms. The molecule has 14 nitrogen and oxygen atoms in total. The molecule has 0 aromatic heterocycles. The van der Waals surface area contributed by atoms with Crippen LogP contribution >= 0.6 is 0 Å². The van der Waals surface area contributed by atoms with E-state index >= 15 is 0 Å². The highest BCUT2D eigenvalue weighted by molar-refractivity contribution is 5.92. The van der Waals surface area contributed by atoms with Crippen LogP contribution in [0.2, 0.25) is 0 Å². The van der Waals surface area contributed by atoms with Crippen molar-refractivity contribution in [2.75, 3.05) is 74.9 Å². The van der Waals surface area contributed by atoms with Crippen molar-refractivity contribution in [3.8, 4) is 34.5 Å². The summed E-state index contributed by atoms with van der Waals surface area (Å²) in [5.74, 6) is 0.949. The molecule has 53 heavy (non-hydrogen) atoms. The number of nitrogens with zero attached hydrogens (tertiary/aromatic N) is 2. The summed E-state index contributed by atoms with van der Waals surface area (Å²) in [6.07, 6.45) is 1.49. The first-order valence-corrected chi connectivity index (χ1v) is 17.9. The van der Waals surface area contributed by atoms with Crippen molar-refractivity contribution >= 4 is 18.0 Å². The summed E-state index contributed by atoms with van der Waals surface area (Å²) >= 11 is 0. The van der Waals surface area contributed by atoms with Crippen molar-refractivity contribution < 1.29 is 57.0 Å². The third-order valence-electron chi connectivity index (χ3n) is 8.19. The summed E-state index contributed by atoms with van der Waals surface area (Å²) in [6, 6.07) is 6.23. The van der Waals surface area contributed by atoms with Crippen LogP contribution in [-0.4, -0.2) is 120 Å². The minimum Gasteiger partial charge on any atom is -0.493 e. The number of esters is 2. The Labute approximate surface area is 313 Å². The fraction of sp³-hybridized carbons (Fsp3) is 0.615. The van der Waals surface area contributed by atoms with Gasteiger partial charge in [0.15, 0.2) is 23.0 Å². The maximum atomic E-state index is 13.6. The molecule has 1 heterocycles. The molecule has 2 aromatic rings. The largest absolute Gasteiger partial charge is 0.493 e. The van der Waals surface area contributed by atoms with E-state index in [9.17, 15) is 14.4 Å². The van der Waals surface area contributed by atoms with E-state index in [0.29, 0.717) is 79.9 Å². The fourth-order valence-corrected chi connectivity index (χ4v) is 5.70. The smallest absolute Gasteiger partial charge is 0.410 e. The number of ether oxygens (including phenoxy) is 9. The van der Waals surface area contributed by atoms with Gasteiger partial charge in [-0.3, -0.25) is 0 Å². The second kappa shape index (κ2) is 19.5. The van der Waals surface area contributed by atoms with Crippen molar-refractivity contribution in [2.45, 2.75) is 84.5 Å². The van der Waals surface area contributed by atoms with E-state index in [1.54, 1.807) is 49.9 Å². The van der Waals surface area contributed by atoms with Crippen molar-refractivity contribution in [2.24, 2.45) is 0 Å². The summed E-state index contributed by atoms with van der Waals surface area (Å²) in [6.45, 7) is 14.4. The molecular weight excluding hydrogens is 688 g/mol. The molecular formula is C39H58N2O12. The monoisotopic (exact) mass is 746 g/mol. The van der Waals surface area contributed by atoms with Crippen LogP contribution in [0.15, 0.2) is 24.3 Å². The maximum Gasteiger partial charge on any atom is 0.410 e. The maximum absolute atomic E-state index is 13.6. The van der Waals surface area contributed by atoms with Gasteiger partial charge >= 0.3 is 18.0 Å². The van der Waals surface area contributed by atoms with Crippen molar-refractivity contribution in [3.05, 3.63) is 35.4 Å². The molecule has 2 aromatic carbocycles. The van der Waals surface area contributed by atoms with Crippen LogP contribution < -0.4 is 28.4 Å². The normalized spacial score (nSPS) is 14.4. The third kappa shape index (κ3) is 13.1. The number of methoxy groups -OCH3 is 5. The Hall–Kier alpha value is -4.59. The lowest BCUT2D eigenvalue weighted by molar-refractivity contribution is 0.00676. The van der Waals surface area contributed by atoms with Crippen molar-refractivity contribution in [1.82, 2.24) is 9.80 Å². The Bertz CT molecular complexity index is 1510. The molecule has 0 aliphatic carbocycles. The number of carbonyl (C=O) groups is 3. The van der Waals surface area contributed by atoms with E-state index in [4.69, 9.17) is 42.6 Å². The number of benzene rings is 2. The second-order valence-corrected chi connectivity index (χ2v) is 14.6. The van der Waals surface area contributed by atoms with Gasteiger partial charge in [0.1, 0.15) is 17.3 Å². The molecule has 1 fully saturated rings. The molecule has 296 valence electrons. The molecule has 1 saturated heterocycles. The van der Waals surface area contributed by atoms with Gasteiger partial charge in [-0.2, -0.15) is 0 Å². The Kier molecular flexibility index (Phi) is 15.7. The topological polar surface area (TPSA) is 141 Å². The summed E-state index contributed by atoms with van der Waals surface area (Å²) in [4.78, 5) is 43.2. The molecule has 1 atom stereocenters. The molecule has 1 unspecified atom stereocenters. The number of carbonyl (C=O) groups excluding carboxylic acids is 3. The van der Waals surface area contributed by atoms with Gasteiger partial charge in [-0.05, 0) is 98.0 Å². The average Bonchev–Trinajstić information content (AvgIpc) is 3.35. The zero-order chi connectivity index (χ0) is 39.3. The minimum atomic E-state index is -0.690. The second-order valence-electron chi connectivity index (χ2n) is 14.6. The van der Waals surface area contributed by atoms with Crippen LogP contribution in [-0.2, 0) is 14.2 Å². The molecule has 14 heteroatoms. The predicted octanol–water partition coefficient (Wildman–Crippen LogP) is 6.40. The lowest BCUT2D eigenvalue weighted by atomic mass is 10.1. The van der Waals surface area contributed by atoms with Crippen LogP contribution in [0, 0.1) is 0 Å². The van der Waals surface area contributed by atoms with Crippen LogP contribution in [0.3, 0.4) is 0 Å². The molecule has 1 aliphatic heterocycles. The summed E-state index contributed by atoms with van der Waals surface area (Å²) in [5, 5.41) is 0. The number of rotatable bonds is 16. The first kappa shape index (κ1) is 42.8. The summed E-state index contributed by atoms with van der Waals surface area (Å²) in [7, 11) is 7.42. The number of amides is 1. The van der Waals surface area contributed by atoms with Gasteiger partial charge in [-0.1, -0.05) is 0 Å². The lowest BCUT2D eigenvalue weighted by Gasteiger charge is -2.27.